The van der Waals surface area contributed by atoms with Crippen LogP contribution in [0, 0.1) is 0 Å². The molecule has 0 fully saturated rings. The molecule has 0 saturated heterocycles. The maximum absolute atomic E-state index is 13.0. The molecule has 9 heteroatoms. The molecule has 0 aliphatic carbocycles. The smallest absolute Gasteiger partial charge is 0.352 e. The average Bonchev–Trinajstić information content (AvgIpc) is 2.32. The number of amides is 1. The Hall–Kier alpha value is -1.77. The van der Waals surface area contributed by atoms with Crippen molar-refractivity contribution in [2.75, 3.05) is 17.1 Å². The topological polar surface area (TPSA) is 66.5 Å². The zero-order chi connectivity index (χ0) is 17.1. The zero-order valence-electron chi connectivity index (χ0n) is 12.3. The summed E-state index contributed by atoms with van der Waals surface area (Å²) in [6, 6.07) is 3.97. The number of benzene rings is 1. The van der Waals surface area contributed by atoms with Gasteiger partial charge in [-0.05, 0) is 26.0 Å². The molecule has 0 unspecified atom stereocenters. The zero-order valence-corrected chi connectivity index (χ0v) is 13.1. The molecule has 1 amide bonds. The highest BCUT2D eigenvalue weighted by molar-refractivity contribution is 7.92. The first-order chi connectivity index (χ1) is 9.93. The lowest BCUT2D eigenvalue weighted by molar-refractivity contribution is -0.137. The van der Waals surface area contributed by atoms with Crippen LogP contribution in [-0.2, 0) is 21.0 Å². The quantitative estimate of drug-likeness (QED) is 0.893. The summed E-state index contributed by atoms with van der Waals surface area (Å²) in [5.41, 5.74) is -1.69. The molecule has 0 aliphatic heterocycles. The van der Waals surface area contributed by atoms with Crippen molar-refractivity contribution >= 4 is 21.6 Å². The van der Waals surface area contributed by atoms with Gasteiger partial charge in [0, 0.05) is 6.04 Å². The second-order valence-corrected chi connectivity index (χ2v) is 6.91. The van der Waals surface area contributed by atoms with Crippen LogP contribution in [0.5, 0.6) is 0 Å². The Kier molecular flexibility index (Phi) is 5.44. The third-order valence-corrected chi connectivity index (χ3v) is 3.74. The second kappa shape index (κ2) is 6.55. The van der Waals surface area contributed by atoms with E-state index in [4.69, 9.17) is 0 Å². The Morgan fingerprint density at radius 2 is 1.82 bits per heavy atom. The lowest BCUT2D eigenvalue weighted by atomic mass is 10.1. The lowest BCUT2D eigenvalue weighted by Crippen LogP contribution is -2.43. The third kappa shape index (κ3) is 4.90. The number of anilines is 1. The third-order valence-electron chi connectivity index (χ3n) is 2.62. The van der Waals surface area contributed by atoms with Crippen molar-refractivity contribution in [3.05, 3.63) is 29.8 Å². The van der Waals surface area contributed by atoms with E-state index in [0.29, 0.717) is 4.31 Å². The summed E-state index contributed by atoms with van der Waals surface area (Å²) in [5.74, 6) is -0.683. The fourth-order valence-corrected chi connectivity index (χ4v) is 2.68. The van der Waals surface area contributed by atoms with Gasteiger partial charge >= 0.3 is 6.18 Å². The molecular formula is C13H17F3N2O3S. The van der Waals surface area contributed by atoms with E-state index in [-0.39, 0.29) is 6.04 Å². The Morgan fingerprint density at radius 3 is 2.27 bits per heavy atom. The van der Waals surface area contributed by atoms with Crippen LogP contribution in [0.15, 0.2) is 24.3 Å². The van der Waals surface area contributed by atoms with Crippen molar-refractivity contribution in [1.82, 2.24) is 5.32 Å². The average molecular weight is 338 g/mol. The number of nitrogens with one attached hydrogen (secondary N) is 1. The number of rotatable bonds is 5. The number of hydrogen-bond acceptors (Lipinski definition) is 3. The van der Waals surface area contributed by atoms with Gasteiger partial charge in [-0.1, -0.05) is 12.1 Å². The van der Waals surface area contributed by atoms with Crippen LogP contribution in [-0.4, -0.2) is 33.2 Å². The van der Waals surface area contributed by atoms with Gasteiger partial charge in [-0.25, -0.2) is 8.42 Å². The summed E-state index contributed by atoms with van der Waals surface area (Å²) < 4.78 is 63.1. The highest BCUT2D eigenvalue weighted by Crippen LogP contribution is 2.37. The van der Waals surface area contributed by atoms with Crippen LogP contribution in [0.2, 0.25) is 0 Å². The predicted molar refractivity (Wildman–Crippen MR) is 76.9 cm³/mol. The van der Waals surface area contributed by atoms with Crippen molar-refractivity contribution in [2.45, 2.75) is 26.1 Å². The molecule has 124 valence electrons. The van der Waals surface area contributed by atoms with E-state index in [2.05, 4.69) is 5.32 Å². The highest BCUT2D eigenvalue weighted by Gasteiger charge is 2.36. The van der Waals surface area contributed by atoms with Gasteiger partial charge < -0.3 is 5.32 Å². The summed E-state index contributed by atoms with van der Waals surface area (Å²) in [5, 5.41) is 2.45. The molecule has 0 aromatic heterocycles. The van der Waals surface area contributed by atoms with Crippen LogP contribution in [0.4, 0.5) is 18.9 Å². The van der Waals surface area contributed by atoms with Gasteiger partial charge in [0.15, 0.2) is 0 Å². The largest absolute Gasteiger partial charge is 0.418 e. The molecule has 1 aromatic carbocycles. The van der Waals surface area contributed by atoms with E-state index in [0.717, 1.165) is 24.5 Å². The normalized spacial score (nSPS) is 12.3. The van der Waals surface area contributed by atoms with Gasteiger partial charge in [0.2, 0.25) is 15.9 Å². The van der Waals surface area contributed by atoms with Gasteiger partial charge in [0.05, 0.1) is 17.5 Å². The maximum Gasteiger partial charge on any atom is 0.418 e. The van der Waals surface area contributed by atoms with E-state index in [9.17, 15) is 26.4 Å². The fourth-order valence-electron chi connectivity index (χ4n) is 1.81. The molecule has 1 rings (SSSR count). The van der Waals surface area contributed by atoms with Crippen molar-refractivity contribution in [3.63, 3.8) is 0 Å². The molecular weight excluding hydrogens is 321 g/mol. The molecule has 1 aromatic rings. The Morgan fingerprint density at radius 1 is 1.27 bits per heavy atom. The summed E-state index contributed by atoms with van der Waals surface area (Å²) in [6.45, 7) is 2.60. The van der Waals surface area contributed by atoms with Crippen LogP contribution in [0.3, 0.4) is 0 Å². The number of carbonyl (C=O) groups is 1. The standard InChI is InChI=1S/C13H17F3N2O3S/c1-9(2)17-12(19)8-18(22(3,20)21)11-7-5-4-6-10(11)13(14,15)16/h4-7,9H,8H2,1-3H3,(H,17,19). The monoisotopic (exact) mass is 338 g/mol. The first-order valence-electron chi connectivity index (χ1n) is 6.36. The predicted octanol–water partition coefficient (Wildman–Crippen LogP) is 2.00. The Labute approximate surface area is 127 Å². The molecule has 1 N–H and O–H groups in total. The highest BCUT2D eigenvalue weighted by atomic mass is 32.2. The van der Waals surface area contributed by atoms with Crippen molar-refractivity contribution in [1.29, 1.82) is 0 Å². The maximum atomic E-state index is 13.0. The van der Waals surface area contributed by atoms with Gasteiger partial charge in [0.25, 0.3) is 0 Å². The number of nitrogens with zero attached hydrogens (tertiary/aromatic N) is 1. The first-order valence-corrected chi connectivity index (χ1v) is 8.21. The number of halogens is 3. The van der Waals surface area contributed by atoms with E-state index in [1.165, 1.54) is 6.07 Å². The molecule has 0 radical (unpaired) electrons. The summed E-state index contributed by atoms with van der Waals surface area (Å²) in [6.07, 6.45) is -3.98. The van der Waals surface area contributed by atoms with Crippen LogP contribution in [0.25, 0.3) is 0 Å². The van der Waals surface area contributed by atoms with E-state index >= 15 is 0 Å². The summed E-state index contributed by atoms with van der Waals surface area (Å²) in [7, 11) is -4.06. The van der Waals surface area contributed by atoms with Gasteiger partial charge in [-0.15, -0.1) is 0 Å². The van der Waals surface area contributed by atoms with Crippen LogP contribution in [0.1, 0.15) is 19.4 Å². The summed E-state index contributed by atoms with van der Waals surface area (Å²) in [4.78, 5) is 11.7. The van der Waals surface area contributed by atoms with Gasteiger partial charge in [-0.2, -0.15) is 13.2 Å². The summed E-state index contributed by atoms with van der Waals surface area (Å²) >= 11 is 0. The molecule has 0 bridgehead atoms. The Balaban J connectivity index is 3.29. The number of sulfonamides is 1. The minimum absolute atomic E-state index is 0.258. The van der Waals surface area contributed by atoms with Crippen molar-refractivity contribution in [2.24, 2.45) is 0 Å². The molecule has 0 heterocycles. The number of carbonyl (C=O) groups excluding carboxylic acids is 1. The molecule has 0 aliphatic rings. The number of para-hydroxylation sites is 1. The van der Waals surface area contributed by atoms with Gasteiger partial charge in [-0.3, -0.25) is 9.10 Å². The van der Waals surface area contributed by atoms with Gasteiger partial charge in [0.1, 0.15) is 6.54 Å². The van der Waals surface area contributed by atoms with E-state index < -0.39 is 39.9 Å². The fraction of sp³-hybridized carbons (Fsp3) is 0.462. The molecule has 5 nitrogen and oxygen atoms in total. The second-order valence-electron chi connectivity index (χ2n) is 5.01. The first kappa shape index (κ1) is 18.3. The minimum Gasteiger partial charge on any atom is -0.352 e. The molecule has 0 spiro atoms. The molecule has 0 atom stereocenters. The van der Waals surface area contributed by atoms with Crippen molar-refractivity contribution in [3.8, 4) is 0 Å². The number of hydrogen-bond donors (Lipinski definition) is 1. The van der Waals surface area contributed by atoms with Crippen LogP contribution < -0.4 is 9.62 Å². The molecule has 0 saturated carbocycles. The van der Waals surface area contributed by atoms with Crippen LogP contribution >= 0.6 is 0 Å². The molecule has 22 heavy (non-hydrogen) atoms. The van der Waals surface area contributed by atoms with E-state index in [1.54, 1.807) is 13.8 Å². The minimum atomic E-state index is -4.73. The SMILES string of the molecule is CC(C)NC(=O)CN(c1ccccc1C(F)(F)F)S(C)(=O)=O. The number of alkyl halides is 3. The lowest BCUT2D eigenvalue weighted by Gasteiger charge is -2.25. The van der Waals surface area contributed by atoms with Crippen molar-refractivity contribution < 1.29 is 26.4 Å². The Bertz CT molecular complexity index is 642. The van der Waals surface area contributed by atoms with E-state index in [1.807, 2.05) is 0 Å².